The first kappa shape index (κ1) is 17.7. The third-order valence-electron chi connectivity index (χ3n) is 4.36. The summed E-state index contributed by atoms with van der Waals surface area (Å²) in [5.74, 6) is 0.105. The molecule has 3 aromatic rings. The maximum absolute atomic E-state index is 12.5. The van der Waals surface area contributed by atoms with Gasteiger partial charge in [0.25, 0.3) is 0 Å². The molecule has 26 heavy (non-hydrogen) atoms. The van der Waals surface area contributed by atoms with Crippen LogP contribution in [0.1, 0.15) is 43.4 Å². The zero-order chi connectivity index (χ0) is 18.7. The van der Waals surface area contributed by atoms with Crippen molar-refractivity contribution in [3.8, 4) is 0 Å². The van der Waals surface area contributed by atoms with Crippen molar-refractivity contribution in [1.82, 2.24) is 4.57 Å². The van der Waals surface area contributed by atoms with E-state index < -0.39 is 5.97 Å². The molecule has 0 bridgehead atoms. The molecule has 0 unspecified atom stereocenters. The van der Waals surface area contributed by atoms with Gasteiger partial charge >= 0.3 is 5.97 Å². The molecule has 5 heteroatoms. The second kappa shape index (κ2) is 7.44. The molecule has 1 aromatic carbocycles. The number of hydrogen-bond acceptors (Lipinski definition) is 4. The van der Waals surface area contributed by atoms with E-state index in [2.05, 4.69) is 0 Å². The van der Waals surface area contributed by atoms with Crippen molar-refractivity contribution in [3.05, 3.63) is 82.6 Å². The van der Waals surface area contributed by atoms with Crippen LogP contribution in [-0.2, 0) is 11.3 Å². The highest BCUT2D eigenvalue weighted by Gasteiger charge is 2.18. The minimum Gasteiger partial charge on any atom is -0.467 e. The van der Waals surface area contributed by atoms with Gasteiger partial charge in [0, 0.05) is 17.0 Å². The van der Waals surface area contributed by atoms with Crippen LogP contribution >= 0.6 is 0 Å². The van der Waals surface area contributed by atoms with Crippen LogP contribution in [0.25, 0.3) is 0 Å². The number of esters is 1. The summed E-state index contributed by atoms with van der Waals surface area (Å²) >= 11 is 0. The lowest BCUT2D eigenvalue weighted by molar-refractivity contribution is 0.0474. The highest BCUT2D eigenvalue weighted by Crippen LogP contribution is 2.18. The lowest BCUT2D eigenvalue weighted by atomic mass is 10.1. The zero-order valence-electron chi connectivity index (χ0n) is 15.1. The lowest BCUT2D eigenvalue weighted by Gasteiger charge is -2.08. The van der Waals surface area contributed by atoms with E-state index in [0.717, 1.165) is 22.7 Å². The van der Waals surface area contributed by atoms with Gasteiger partial charge in [0.2, 0.25) is 5.78 Å². The standard InChI is InChI=1S/C21H21NO4/c1-14-6-4-7-17(10-14)21(24)26-13-20(23)19-11-15(2)22(16(19)3)12-18-8-5-9-25-18/h4-11H,12-13H2,1-3H3. The first-order chi connectivity index (χ1) is 12.5. The van der Waals surface area contributed by atoms with Crippen LogP contribution in [0.3, 0.4) is 0 Å². The van der Waals surface area contributed by atoms with E-state index in [9.17, 15) is 9.59 Å². The number of ether oxygens (including phenoxy) is 1. The van der Waals surface area contributed by atoms with Crippen LogP contribution in [0.2, 0.25) is 0 Å². The maximum Gasteiger partial charge on any atom is 0.338 e. The van der Waals surface area contributed by atoms with E-state index in [0.29, 0.717) is 17.7 Å². The number of hydrogen-bond donors (Lipinski definition) is 0. The number of Topliss-reactive ketones (excluding diaryl/α,β-unsaturated/α-hetero) is 1. The molecule has 0 fully saturated rings. The van der Waals surface area contributed by atoms with Crippen molar-refractivity contribution < 1.29 is 18.7 Å². The number of carbonyl (C=O) groups is 2. The number of rotatable bonds is 6. The molecule has 0 aliphatic heterocycles. The van der Waals surface area contributed by atoms with Crippen LogP contribution in [-0.4, -0.2) is 22.9 Å². The summed E-state index contributed by atoms with van der Waals surface area (Å²) in [4.78, 5) is 24.6. The van der Waals surface area contributed by atoms with Crippen LogP contribution in [0.5, 0.6) is 0 Å². The van der Waals surface area contributed by atoms with Gasteiger partial charge in [0.1, 0.15) is 5.76 Å². The number of aromatic nitrogens is 1. The molecule has 0 atom stereocenters. The molecule has 0 N–H and O–H groups in total. The Bertz CT molecular complexity index is 935. The molecule has 3 rings (SSSR count). The van der Waals surface area contributed by atoms with Crippen molar-refractivity contribution in [2.75, 3.05) is 6.61 Å². The zero-order valence-corrected chi connectivity index (χ0v) is 15.1. The molecule has 134 valence electrons. The molecular formula is C21H21NO4. The molecule has 0 spiro atoms. The quantitative estimate of drug-likeness (QED) is 0.496. The summed E-state index contributed by atoms with van der Waals surface area (Å²) in [6.45, 7) is 5.99. The number of benzene rings is 1. The third kappa shape index (κ3) is 3.77. The van der Waals surface area contributed by atoms with E-state index in [4.69, 9.17) is 9.15 Å². The topological polar surface area (TPSA) is 61.4 Å². The summed E-state index contributed by atoms with van der Waals surface area (Å²) in [5.41, 5.74) is 3.75. The Morgan fingerprint density at radius 2 is 1.88 bits per heavy atom. The van der Waals surface area contributed by atoms with Crippen molar-refractivity contribution in [3.63, 3.8) is 0 Å². The molecule has 5 nitrogen and oxygen atoms in total. The minimum atomic E-state index is -0.494. The summed E-state index contributed by atoms with van der Waals surface area (Å²) in [5, 5.41) is 0. The summed E-state index contributed by atoms with van der Waals surface area (Å²) in [7, 11) is 0. The van der Waals surface area contributed by atoms with Crippen molar-refractivity contribution in [1.29, 1.82) is 0 Å². The average molecular weight is 351 g/mol. The second-order valence-corrected chi connectivity index (χ2v) is 6.32. The van der Waals surface area contributed by atoms with Gasteiger partial charge in [-0.05, 0) is 51.1 Å². The number of carbonyl (C=O) groups excluding carboxylic acids is 2. The fraction of sp³-hybridized carbons (Fsp3) is 0.238. The predicted molar refractivity (Wildman–Crippen MR) is 97.5 cm³/mol. The summed E-state index contributed by atoms with van der Waals surface area (Å²) in [6.07, 6.45) is 1.63. The number of ketones is 1. The van der Waals surface area contributed by atoms with E-state index in [1.54, 1.807) is 24.5 Å². The fourth-order valence-electron chi connectivity index (χ4n) is 2.95. The van der Waals surface area contributed by atoms with Crippen LogP contribution in [0.4, 0.5) is 0 Å². The van der Waals surface area contributed by atoms with Crippen molar-refractivity contribution >= 4 is 11.8 Å². The first-order valence-electron chi connectivity index (χ1n) is 8.42. The Kier molecular flexibility index (Phi) is 5.07. The van der Waals surface area contributed by atoms with Crippen molar-refractivity contribution in [2.45, 2.75) is 27.3 Å². The van der Waals surface area contributed by atoms with E-state index in [1.165, 1.54) is 0 Å². The van der Waals surface area contributed by atoms with Gasteiger partial charge in [0.15, 0.2) is 6.61 Å². The fourth-order valence-corrected chi connectivity index (χ4v) is 2.95. The normalized spacial score (nSPS) is 10.7. The average Bonchev–Trinajstić information content (AvgIpc) is 3.23. The Morgan fingerprint density at radius 3 is 2.58 bits per heavy atom. The Hall–Kier alpha value is -3.08. The van der Waals surface area contributed by atoms with Crippen LogP contribution < -0.4 is 0 Å². The lowest BCUT2D eigenvalue weighted by Crippen LogP contribution is -2.15. The van der Waals surface area contributed by atoms with Gasteiger partial charge in [-0.15, -0.1) is 0 Å². The molecule has 0 aliphatic carbocycles. The van der Waals surface area contributed by atoms with E-state index >= 15 is 0 Å². The molecule has 2 heterocycles. The van der Waals surface area contributed by atoms with Gasteiger partial charge in [-0.2, -0.15) is 0 Å². The Labute approximate surface area is 152 Å². The SMILES string of the molecule is Cc1cccc(C(=O)OCC(=O)c2cc(C)n(Cc3ccco3)c2C)c1. The van der Waals surface area contributed by atoms with Crippen LogP contribution in [0.15, 0.2) is 53.1 Å². The van der Waals surface area contributed by atoms with Crippen LogP contribution in [0, 0.1) is 20.8 Å². The molecule has 0 saturated heterocycles. The minimum absolute atomic E-state index is 0.218. The van der Waals surface area contributed by atoms with Gasteiger partial charge < -0.3 is 13.7 Å². The van der Waals surface area contributed by atoms with Gasteiger partial charge in [-0.3, -0.25) is 4.79 Å². The largest absolute Gasteiger partial charge is 0.467 e. The third-order valence-corrected chi connectivity index (χ3v) is 4.36. The number of aryl methyl sites for hydroxylation is 2. The van der Waals surface area contributed by atoms with Gasteiger partial charge in [0.05, 0.1) is 18.4 Å². The Balaban J connectivity index is 1.69. The smallest absolute Gasteiger partial charge is 0.338 e. The molecule has 0 amide bonds. The predicted octanol–water partition coefficient (Wildman–Crippen LogP) is 4.09. The molecule has 0 saturated carbocycles. The van der Waals surface area contributed by atoms with Crippen molar-refractivity contribution in [2.24, 2.45) is 0 Å². The monoisotopic (exact) mass is 351 g/mol. The summed E-state index contributed by atoms with van der Waals surface area (Å²) < 4.78 is 12.6. The van der Waals surface area contributed by atoms with Gasteiger partial charge in [-0.1, -0.05) is 17.7 Å². The molecule has 0 radical (unpaired) electrons. The first-order valence-corrected chi connectivity index (χ1v) is 8.42. The number of nitrogens with zero attached hydrogens (tertiary/aromatic N) is 1. The van der Waals surface area contributed by atoms with E-state index in [-0.39, 0.29) is 12.4 Å². The van der Waals surface area contributed by atoms with Gasteiger partial charge in [-0.25, -0.2) is 4.79 Å². The highest BCUT2D eigenvalue weighted by atomic mass is 16.5. The summed E-state index contributed by atoms with van der Waals surface area (Å²) in [6, 6.07) is 12.6. The highest BCUT2D eigenvalue weighted by molar-refractivity contribution is 6.00. The van der Waals surface area contributed by atoms with E-state index in [1.807, 2.05) is 49.6 Å². The molecular weight excluding hydrogens is 330 g/mol. The molecule has 2 aromatic heterocycles. The Morgan fingerprint density at radius 1 is 1.08 bits per heavy atom. The number of furan rings is 1. The molecule has 0 aliphatic rings. The maximum atomic E-state index is 12.5. The second-order valence-electron chi connectivity index (χ2n) is 6.32.